The second-order valence-electron chi connectivity index (χ2n) is 4.50. The minimum absolute atomic E-state index is 0.0799. The third-order valence-corrected chi connectivity index (χ3v) is 5.99. The highest BCUT2D eigenvalue weighted by Crippen LogP contribution is 2.35. The SMILES string of the molecule is CC(CNC(=O)c1sc2ccc(Br)cc2c1N)S(C)=O. The fraction of sp³-hybridized carbons (Fsp3) is 0.308. The van der Waals surface area contributed by atoms with Crippen LogP contribution in [0.5, 0.6) is 0 Å². The van der Waals surface area contributed by atoms with E-state index in [1.54, 1.807) is 6.26 Å². The van der Waals surface area contributed by atoms with E-state index in [9.17, 15) is 9.00 Å². The van der Waals surface area contributed by atoms with Gasteiger partial charge < -0.3 is 11.1 Å². The lowest BCUT2D eigenvalue weighted by Crippen LogP contribution is -2.32. The number of nitrogens with two attached hydrogens (primary N) is 1. The van der Waals surface area contributed by atoms with E-state index in [0.29, 0.717) is 17.1 Å². The molecule has 108 valence electrons. The van der Waals surface area contributed by atoms with Crippen molar-refractivity contribution in [2.45, 2.75) is 12.2 Å². The number of thiophene rings is 1. The Kier molecular flexibility index (Phi) is 4.82. The van der Waals surface area contributed by atoms with Crippen LogP contribution in [0.2, 0.25) is 0 Å². The van der Waals surface area contributed by atoms with Crippen LogP contribution in [-0.2, 0) is 10.8 Å². The summed E-state index contributed by atoms with van der Waals surface area (Å²) in [5, 5.41) is 3.58. The Bertz CT molecular complexity index is 684. The molecule has 4 nitrogen and oxygen atoms in total. The minimum Gasteiger partial charge on any atom is -0.397 e. The van der Waals surface area contributed by atoms with Crippen LogP contribution in [0.1, 0.15) is 16.6 Å². The molecule has 3 N–H and O–H groups in total. The van der Waals surface area contributed by atoms with E-state index in [1.807, 2.05) is 25.1 Å². The summed E-state index contributed by atoms with van der Waals surface area (Å²) >= 11 is 4.76. The molecule has 2 aromatic rings. The Morgan fingerprint density at radius 1 is 1.55 bits per heavy atom. The average molecular weight is 375 g/mol. The molecule has 1 heterocycles. The summed E-state index contributed by atoms with van der Waals surface area (Å²) in [6.07, 6.45) is 1.63. The van der Waals surface area contributed by atoms with Crippen molar-refractivity contribution in [1.29, 1.82) is 0 Å². The van der Waals surface area contributed by atoms with Gasteiger partial charge in [0, 0.05) is 43.4 Å². The lowest BCUT2D eigenvalue weighted by Gasteiger charge is -2.09. The first-order chi connectivity index (χ1) is 9.40. The molecule has 2 atom stereocenters. The van der Waals surface area contributed by atoms with E-state index in [-0.39, 0.29) is 11.2 Å². The van der Waals surface area contributed by atoms with Gasteiger partial charge in [-0.25, -0.2) is 0 Å². The topological polar surface area (TPSA) is 72.2 Å². The number of nitrogen functional groups attached to an aromatic ring is 1. The highest BCUT2D eigenvalue weighted by atomic mass is 79.9. The molecule has 1 aromatic heterocycles. The standard InChI is InChI=1S/C13H15BrN2O2S2/c1-7(20(2)18)6-16-13(17)12-11(15)9-5-8(14)3-4-10(9)19-12/h3-5,7H,6,15H2,1-2H3,(H,16,17). The summed E-state index contributed by atoms with van der Waals surface area (Å²) in [4.78, 5) is 12.7. The van der Waals surface area contributed by atoms with Crippen LogP contribution >= 0.6 is 27.3 Å². The van der Waals surface area contributed by atoms with Crippen molar-refractivity contribution in [2.75, 3.05) is 18.5 Å². The fourth-order valence-corrected chi connectivity index (χ4v) is 3.39. The minimum atomic E-state index is -0.955. The van der Waals surface area contributed by atoms with Crippen LogP contribution in [0.15, 0.2) is 22.7 Å². The summed E-state index contributed by atoms with van der Waals surface area (Å²) in [6.45, 7) is 2.21. The zero-order valence-electron chi connectivity index (χ0n) is 11.1. The average Bonchev–Trinajstić information content (AvgIpc) is 2.73. The second kappa shape index (κ2) is 6.24. The maximum Gasteiger partial charge on any atom is 0.263 e. The first kappa shape index (κ1) is 15.5. The van der Waals surface area contributed by atoms with Crippen molar-refractivity contribution >= 4 is 59.7 Å². The van der Waals surface area contributed by atoms with Gasteiger partial charge in [0.15, 0.2) is 0 Å². The Morgan fingerprint density at radius 2 is 2.25 bits per heavy atom. The highest BCUT2D eigenvalue weighted by molar-refractivity contribution is 9.10. The van der Waals surface area contributed by atoms with Crippen molar-refractivity contribution in [3.63, 3.8) is 0 Å². The number of anilines is 1. The number of carbonyl (C=O) groups excluding carboxylic acids is 1. The Balaban J connectivity index is 2.22. The van der Waals surface area contributed by atoms with Crippen molar-refractivity contribution < 1.29 is 9.00 Å². The number of amides is 1. The predicted molar refractivity (Wildman–Crippen MR) is 89.8 cm³/mol. The van der Waals surface area contributed by atoms with Crippen LogP contribution in [0.25, 0.3) is 10.1 Å². The van der Waals surface area contributed by atoms with Gasteiger partial charge in [-0.15, -0.1) is 11.3 Å². The molecule has 0 spiro atoms. The van der Waals surface area contributed by atoms with Gasteiger partial charge in [-0.3, -0.25) is 9.00 Å². The molecule has 1 aromatic carbocycles. The Labute approximate surface area is 132 Å². The number of hydrogen-bond acceptors (Lipinski definition) is 4. The number of halogens is 1. The van der Waals surface area contributed by atoms with E-state index in [1.165, 1.54) is 11.3 Å². The molecule has 20 heavy (non-hydrogen) atoms. The van der Waals surface area contributed by atoms with Crippen LogP contribution in [0.3, 0.4) is 0 Å². The molecule has 0 aliphatic heterocycles. The maximum absolute atomic E-state index is 12.2. The highest BCUT2D eigenvalue weighted by Gasteiger charge is 2.17. The molecule has 7 heteroatoms. The Hall–Kier alpha value is -0.920. The summed E-state index contributed by atoms with van der Waals surface area (Å²) in [5.41, 5.74) is 6.54. The smallest absolute Gasteiger partial charge is 0.263 e. The first-order valence-electron chi connectivity index (χ1n) is 5.98. The van der Waals surface area contributed by atoms with Crippen molar-refractivity contribution in [1.82, 2.24) is 5.32 Å². The molecular weight excluding hydrogens is 360 g/mol. The second-order valence-corrected chi connectivity index (χ2v) is 8.27. The van der Waals surface area contributed by atoms with Crippen LogP contribution in [0.4, 0.5) is 5.69 Å². The monoisotopic (exact) mass is 374 g/mol. The third kappa shape index (κ3) is 3.21. The predicted octanol–water partition coefficient (Wildman–Crippen LogP) is 2.74. The number of nitrogens with one attached hydrogen (secondary N) is 1. The summed E-state index contributed by atoms with van der Waals surface area (Å²) in [6, 6.07) is 5.75. The maximum atomic E-state index is 12.2. The number of hydrogen-bond donors (Lipinski definition) is 2. The van der Waals surface area contributed by atoms with Crippen molar-refractivity contribution in [2.24, 2.45) is 0 Å². The van der Waals surface area contributed by atoms with Crippen LogP contribution in [0, 0.1) is 0 Å². The first-order valence-corrected chi connectivity index (χ1v) is 9.21. The van der Waals surface area contributed by atoms with Gasteiger partial charge in [-0.2, -0.15) is 0 Å². The zero-order chi connectivity index (χ0) is 14.9. The normalized spacial score (nSPS) is 14.2. The lowest BCUT2D eigenvalue weighted by molar-refractivity contribution is 0.0959. The molecule has 0 bridgehead atoms. The fourth-order valence-electron chi connectivity index (χ4n) is 1.69. The van der Waals surface area contributed by atoms with Gasteiger partial charge in [-0.05, 0) is 25.1 Å². The number of fused-ring (bicyclic) bond motifs is 1. The van der Waals surface area contributed by atoms with E-state index < -0.39 is 10.8 Å². The largest absolute Gasteiger partial charge is 0.397 e. The van der Waals surface area contributed by atoms with Crippen molar-refractivity contribution in [3.8, 4) is 0 Å². The van der Waals surface area contributed by atoms with E-state index in [4.69, 9.17) is 5.73 Å². The molecule has 0 saturated heterocycles. The van der Waals surface area contributed by atoms with Gasteiger partial charge in [0.25, 0.3) is 5.91 Å². The van der Waals surface area contributed by atoms with Gasteiger partial charge in [-0.1, -0.05) is 15.9 Å². The van der Waals surface area contributed by atoms with Gasteiger partial charge in [0.1, 0.15) is 4.88 Å². The lowest BCUT2D eigenvalue weighted by atomic mass is 10.2. The van der Waals surface area contributed by atoms with Gasteiger partial charge >= 0.3 is 0 Å². The quantitative estimate of drug-likeness (QED) is 0.863. The van der Waals surface area contributed by atoms with Crippen LogP contribution in [-0.4, -0.2) is 28.2 Å². The van der Waals surface area contributed by atoms with Gasteiger partial charge in [0.05, 0.1) is 5.69 Å². The molecule has 2 unspecified atom stereocenters. The molecule has 0 aliphatic rings. The summed E-state index contributed by atoms with van der Waals surface area (Å²) in [5.74, 6) is -0.211. The molecular formula is C13H15BrN2O2S2. The van der Waals surface area contributed by atoms with Gasteiger partial charge in [0.2, 0.25) is 0 Å². The number of rotatable bonds is 4. The van der Waals surface area contributed by atoms with E-state index >= 15 is 0 Å². The molecule has 2 rings (SSSR count). The molecule has 0 fully saturated rings. The van der Waals surface area contributed by atoms with Crippen molar-refractivity contribution in [3.05, 3.63) is 27.5 Å². The van der Waals surface area contributed by atoms with Crippen LogP contribution < -0.4 is 11.1 Å². The molecule has 0 radical (unpaired) electrons. The Morgan fingerprint density at radius 3 is 2.90 bits per heavy atom. The number of carbonyl (C=O) groups is 1. The number of benzene rings is 1. The molecule has 1 amide bonds. The zero-order valence-corrected chi connectivity index (χ0v) is 14.3. The van der Waals surface area contributed by atoms with E-state index in [0.717, 1.165) is 14.6 Å². The van der Waals surface area contributed by atoms with E-state index in [2.05, 4.69) is 21.2 Å². The summed E-state index contributed by atoms with van der Waals surface area (Å²) in [7, 11) is -0.955. The third-order valence-electron chi connectivity index (χ3n) is 3.01. The summed E-state index contributed by atoms with van der Waals surface area (Å²) < 4.78 is 13.2. The molecule has 0 saturated carbocycles. The molecule has 0 aliphatic carbocycles.